The van der Waals surface area contributed by atoms with E-state index >= 15 is 0 Å². The quantitative estimate of drug-likeness (QED) is 0.782. The minimum Gasteiger partial charge on any atom is -0.385 e. The lowest BCUT2D eigenvalue weighted by Gasteiger charge is -2.14. The van der Waals surface area contributed by atoms with Crippen LogP contribution >= 0.6 is 15.9 Å². The second-order valence-corrected chi connectivity index (χ2v) is 5.90. The van der Waals surface area contributed by atoms with Crippen LogP contribution in [-0.4, -0.2) is 6.54 Å². The van der Waals surface area contributed by atoms with Crippen molar-refractivity contribution in [3.8, 4) is 0 Å². The van der Waals surface area contributed by atoms with Gasteiger partial charge >= 0.3 is 0 Å². The molecule has 19 heavy (non-hydrogen) atoms. The van der Waals surface area contributed by atoms with E-state index in [9.17, 15) is 0 Å². The molecule has 1 N–H and O–H groups in total. The van der Waals surface area contributed by atoms with Gasteiger partial charge in [0.25, 0.3) is 0 Å². The van der Waals surface area contributed by atoms with Gasteiger partial charge in [-0.1, -0.05) is 53.2 Å². The molecule has 0 aliphatic heterocycles. The summed E-state index contributed by atoms with van der Waals surface area (Å²) in [7, 11) is 0. The number of benzene rings is 2. The van der Waals surface area contributed by atoms with Crippen LogP contribution in [0.15, 0.2) is 53.0 Å². The van der Waals surface area contributed by atoms with E-state index < -0.39 is 0 Å². The summed E-state index contributed by atoms with van der Waals surface area (Å²) in [6, 6.07) is 17.0. The van der Waals surface area contributed by atoms with Gasteiger partial charge in [0.15, 0.2) is 0 Å². The average Bonchev–Trinajstić information content (AvgIpc) is 2.42. The van der Waals surface area contributed by atoms with Crippen molar-refractivity contribution in [2.24, 2.45) is 0 Å². The lowest BCUT2D eigenvalue weighted by Crippen LogP contribution is -2.06. The second kappa shape index (κ2) is 6.76. The third-order valence-electron chi connectivity index (χ3n) is 3.45. The van der Waals surface area contributed by atoms with E-state index in [2.05, 4.69) is 83.6 Å². The molecule has 2 aromatic rings. The van der Waals surface area contributed by atoms with Crippen molar-refractivity contribution in [3.63, 3.8) is 0 Å². The molecule has 0 radical (unpaired) electrons. The molecule has 0 aromatic heterocycles. The summed E-state index contributed by atoms with van der Waals surface area (Å²) in [5, 5.41) is 3.52. The molecule has 0 saturated carbocycles. The van der Waals surface area contributed by atoms with Crippen LogP contribution in [0.4, 0.5) is 5.69 Å². The summed E-state index contributed by atoms with van der Waals surface area (Å²) in [6.45, 7) is 5.41. The number of hydrogen-bond acceptors (Lipinski definition) is 1. The van der Waals surface area contributed by atoms with Crippen LogP contribution in [0.3, 0.4) is 0 Å². The summed E-state index contributed by atoms with van der Waals surface area (Å²) in [6.07, 6.45) is 1.14. The van der Waals surface area contributed by atoms with Crippen LogP contribution in [-0.2, 0) is 0 Å². The van der Waals surface area contributed by atoms with Gasteiger partial charge in [-0.2, -0.15) is 0 Å². The maximum Gasteiger partial charge on any atom is 0.0370 e. The third-order valence-corrected chi connectivity index (χ3v) is 3.94. The van der Waals surface area contributed by atoms with Gasteiger partial charge in [0.05, 0.1) is 0 Å². The largest absolute Gasteiger partial charge is 0.385 e. The van der Waals surface area contributed by atoms with E-state index in [-0.39, 0.29) is 0 Å². The van der Waals surface area contributed by atoms with Crippen LogP contribution in [0.1, 0.15) is 30.4 Å². The number of aryl methyl sites for hydroxylation is 1. The maximum absolute atomic E-state index is 3.52. The lowest BCUT2D eigenvalue weighted by molar-refractivity contribution is 0.706. The zero-order valence-electron chi connectivity index (χ0n) is 11.5. The first kappa shape index (κ1) is 14.1. The molecule has 0 spiro atoms. The minimum absolute atomic E-state index is 0.587. The van der Waals surface area contributed by atoms with Gasteiger partial charge in [-0.3, -0.25) is 0 Å². The Morgan fingerprint density at radius 3 is 2.53 bits per heavy atom. The molecular formula is C17H20BrN. The first-order chi connectivity index (χ1) is 9.16. The number of hydrogen-bond donors (Lipinski definition) is 1. The van der Waals surface area contributed by atoms with Crippen molar-refractivity contribution >= 4 is 21.6 Å². The molecule has 2 heteroatoms. The number of nitrogens with one attached hydrogen (secondary N) is 1. The smallest absolute Gasteiger partial charge is 0.0370 e. The van der Waals surface area contributed by atoms with Gasteiger partial charge in [0.1, 0.15) is 0 Å². The topological polar surface area (TPSA) is 12.0 Å². The summed E-state index contributed by atoms with van der Waals surface area (Å²) < 4.78 is 1.13. The van der Waals surface area contributed by atoms with E-state index in [4.69, 9.17) is 0 Å². The zero-order valence-corrected chi connectivity index (χ0v) is 13.1. The fourth-order valence-electron chi connectivity index (χ4n) is 2.20. The number of halogens is 1. The van der Waals surface area contributed by atoms with Gasteiger partial charge in [-0.05, 0) is 48.6 Å². The Labute approximate surface area is 124 Å². The molecule has 0 aliphatic carbocycles. The van der Waals surface area contributed by atoms with Gasteiger partial charge in [0, 0.05) is 16.7 Å². The van der Waals surface area contributed by atoms with Crippen LogP contribution < -0.4 is 5.32 Å². The highest BCUT2D eigenvalue weighted by Crippen LogP contribution is 2.22. The predicted octanol–water partition coefficient (Wildman–Crippen LogP) is 5.36. The first-order valence-electron chi connectivity index (χ1n) is 6.72. The van der Waals surface area contributed by atoms with Gasteiger partial charge in [-0.15, -0.1) is 0 Å². The van der Waals surface area contributed by atoms with Crippen molar-refractivity contribution in [1.29, 1.82) is 0 Å². The standard InChI is InChI=1S/C17H20BrN/c1-13(15-6-4-3-5-7-15)10-11-19-17-9-8-16(18)12-14(17)2/h3-9,12-13,19H,10-11H2,1-2H3. The van der Waals surface area contributed by atoms with Crippen molar-refractivity contribution < 1.29 is 0 Å². The average molecular weight is 318 g/mol. The highest BCUT2D eigenvalue weighted by Gasteiger charge is 2.05. The van der Waals surface area contributed by atoms with Gasteiger partial charge < -0.3 is 5.32 Å². The van der Waals surface area contributed by atoms with Crippen LogP contribution in [0.5, 0.6) is 0 Å². The normalized spacial score (nSPS) is 12.2. The Kier molecular flexibility index (Phi) is 5.03. The highest BCUT2D eigenvalue weighted by atomic mass is 79.9. The monoisotopic (exact) mass is 317 g/mol. The molecule has 2 rings (SSSR count). The summed E-state index contributed by atoms with van der Waals surface area (Å²) >= 11 is 3.49. The van der Waals surface area contributed by atoms with E-state index in [0.29, 0.717) is 5.92 Å². The Morgan fingerprint density at radius 2 is 1.84 bits per heavy atom. The van der Waals surface area contributed by atoms with Crippen molar-refractivity contribution in [2.45, 2.75) is 26.2 Å². The summed E-state index contributed by atoms with van der Waals surface area (Å²) in [4.78, 5) is 0. The van der Waals surface area contributed by atoms with E-state index in [1.807, 2.05) is 0 Å². The van der Waals surface area contributed by atoms with Gasteiger partial charge in [0.2, 0.25) is 0 Å². The molecule has 1 unspecified atom stereocenters. The lowest BCUT2D eigenvalue weighted by atomic mass is 9.98. The summed E-state index contributed by atoms with van der Waals surface area (Å²) in [5.41, 5.74) is 3.92. The van der Waals surface area contributed by atoms with Crippen molar-refractivity contribution in [2.75, 3.05) is 11.9 Å². The second-order valence-electron chi connectivity index (χ2n) is 4.99. The Morgan fingerprint density at radius 1 is 1.11 bits per heavy atom. The third kappa shape index (κ3) is 4.10. The number of rotatable bonds is 5. The maximum atomic E-state index is 3.52. The first-order valence-corrected chi connectivity index (χ1v) is 7.51. The minimum atomic E-state index is 0.587. The van der Waals surface area contributed by atoms with Crippen LogP contribution in [0.2, 0.25) is 0 Å². The van der Waals surface area contributed by atoms with Gasteiger partial charge in [-0.25, -0.2) is 0 Å². The van der Waals surface area contributed by atoms with Crippen LogP contribution in [0.25, 0.3) is 0 Å². The van der Waals surface area contributed by atoms with E-state index in [0.717, 1.165) is 17.4 Å². The Hall–Kier alpha value is -1.28. The molecule has 1 nitrogen and oxygen atoms in total. The molecule has 0 aliphatic rings. The number of anilines is 1. The van der Waals surface area contributed by atoms with Crippen molar-refractivity contribution in [1.82, 2.24) is 0 Å². The van der Waals surface area contributed by atoms with Crippen LogP contribution in [0, 0.1) is 6.92 Å². The molecule has 0 amide bonds. The SMILES string of the molecule is Cc1cc(Br)ccc1NCCC(C)c1ccccc1. The van der Waals surface area contributed by atoms with E-state index in [1.54, 1.807) is 0 Å². The molecule has 0 heterocycles. The molecule has 0 bridgehead atoms. The molecule has 0 fully saturated rings. The Bertz CT molecular complexity index is 522. The molecule has 2 aromatic carbocycles. The zero-order chi connectivity index (χ0) is 13.7. The fourth-order valence-corrected chi connectivity index (χ4v) is 2.67. The molecule has 0 saturated heterocycles. The molecular weight excluding hydrogens is 298 g/mol. The van der Waals surface area contributed by atoms with Crippen molar-refractivity contribution in [3.05, 3.63) is 64.1 Å². The molecule has 100 valence electrons. The predicted molar refractivity (Wildman–Crippen MR) is 86.8 cm³/mol. The Balaban J connectivity index is 1.86. The summed E-state index contributed by atoms with van der Waals surface area (Å²) in [5.74, 6) is 0.587. The fraction of sp³-hybridized carbons (Fsp3) is 0.294. The highest BCUT2D eigenvalue weighted by molar-refractivity contribution is 9.10. The van der Waals surface area contributed by atoms with E-state index in [1.165, 1.54) is 16.8 Å². The molecule has 1 atom stereocenters.